The zero-order chi connectivity index (χ0) is 27.9. The van der Waals surface area contributed by atoms with Crippen LogP contribution in [0.15, 0.2) is 67.7 Å². The summed E-state index contributed by atoms with van der Waals surface area (Å²) >= 11 is 0. The van der Waals surface area contributed by atoms with Gasteiger partial charge >= 0.3 is 5.97 Å². The van der Waals surface area contributed by atoms with Gasteiger partial charge in [-0.2, -0.15) is 0 Å². The Bertz CT molecular complexity index is 1050. The number of hydrogen-bond donors (Lipinski definition) is 2. The van der Waals surface area contributed by atoms with Crippen LogP contribution in [-0.4, -0.2) is 30.1 Å². The van der Waals surface area contributed by atoms with Crippen molar-refractivity contribution in [2.24, 2.45) is 34.3 Å². The first-order chi connectivity index (χ1) is 18.3. The van der Waals surface area contributed by atoms with E-state index in [1.54, 1.807) is 0 Å². The molecular weight excluding hydrogens is 470 g/mol. The summed E-state index contributed by atoms with van der Waals surface area (Å²) in [7, 11) is 0. The zero-order valence-corrected chi connectivity index (χ0v) is 24.1. The third kappa shape index (κ3) is 5.68. The summed E-state index contributed by atoms with van der Waals surface area (Å²) in [4.78, 5) is 16.7. The predicted octanol–water partition coefficient (Wildman–Crippen LogP) is 7.82. The lowest BCUT2D eigenvalue weighted by Gasteiger charge is -2.57. The first-order valence-corrected chi connectivity index (χ1v) is 14.5. The lowest BCUT2D eigenvalue weighted by Crippen LogP contribution is -2.50. The van der Waals surface area contributed by atoms with Crippen molar-refractivity contribution in [2.75, 3.05) is 13.1 Å². The van der Waals surface area contributed by atoms with Gasteiger partial charge in [0, 0.05) is 36.8 Å². The standard InChI is InChI=1S/C29H39N3O2.C2H6.C2H4.4H2/c1-19(16-30)32-18-27(33)34-22-10-12-28(2)21(15-22)6-7-23-25-9-8-24(20-5-4-14-31-17-20)29(25,3)13-11-26(23)28;2*1-2;;;;/h4-6,8,14,17,22-23,25-26,32H,1,7,9-13,15-16,18,30H2,2-3H3;1-2H3;1-2H2;4*1H/t22-,23-,25?,26?,28-,29+;;;;;;/m0....../s1. The van der Waals surface area contributed by atoms with Crippen LogP contribution in [0.3, 0.4) is 0 Å². The van der Waals surface area contributed by atoms with Crippen LogP contribution in [0.4, 0.5) is 0 Å². The van der Waals surface area contributed by atoms with E-state index in [9.17, 15) is 4.79 Å². The first kappa shape index (κ1) is 29.9. The van der Waals surface area contributed by atoms with Crippen molar-refractivity contribution < 1.29 is 15.2 Å². The minimum absolute atomic E-state index is 0. The zero-order valence-electron chi connectivity index (χ0n) is 24.1. The Balaban J connectivity index is 0. The minimum atomic E-state index is -0.217. The predicted molar refractivity (Wildman–Crippen MR) is 166 cm³/mol. The van der Waals surface area contributed by atoms with Gasteiger partial charge in [-0.3, -0.25) is 9.78 Å². The molecule has 2 saturated carbocycles. The Kier molecular flexibility index (Phi) is 10.2. The van der Waals surface area contributed by atoms with E-state index in [0.29, 0.717) is 18.2 Å². The smallest absolute Gasteiger partial charge is 0.325 e. The highest BCUT2D eigenvalue weighted by atomic mass is 16.5. The van der Waals surface area contributed by atoms with E-state index >= 15 is 0 Å². The van der Waals surface area contributed by atoms with Gasteiger partial charge in [0.15, 0.2) is 0 Å². The molecule has 0 aromatic carbocycles. The lowest BCUT2D eigenvalue weighted by molar-refractivity contribution is -0.150. The second-order valence-electron chi connectivity index (χ2n) is 11.3. The van der Waals surface area contributed by atoms with Gasteiger partial charge in [0.25, 0.3) is 0 Å². The van der Waals surface area contributed by atoms with E-state index in [0.717, 1.165) is 37.5 Å². The first-order valence-electron chi connectivity index (χ1n) is 14.5. The van der Waals surface area contributed by atoms with Gasteiger partial charge in [-0.25, -0.2) is 0 Å². The molecular formula is C33H57N3O2. The van der Waals surface area contributed by atoms with E-state index in [-0.39, 0.29) is 35.2 Å². The summed E-state index contributed by atoms with van der Waals surface area (Å²) in [5.74, 6) is 1.93. The number of rotatable bonds is 6. The molecule has 1 aromatic rings. The Labute approximate surface area is 236 Å². The monoisotopic (exact) mass is 527 g/mol. The molecule has 6 atom stereocenters. The Hall–Kier alpha value is -2.66. The van der Waals surface area contributed by atoms with Gasteiger partial charge in [0.05, 0.1) is 0 Å². The summed E-state index contributed by atoms with van der Waals surface area (Å²) in [6.45, 7) is 19.2. The van der Waals surface area contributed by atoms with Gasteiger partial charge < -0.3 is 15.8 Å². The number of esters is 1. The van der Waals surface area contributed by atoms with Gasteiger partial charge in [-0.1, -0.05) is 58.1 Å². The number of carbonyl (C=O) groups excluding carboxylic acids is 1. The molecule has 5 rings (SSSR count). The van der Waals surface area contributed by atoms with Crippen molar-refractivity contribution in [1.82, 2.24) is 10.3 Å². The van der Waals surface area contributed by atoms with Crippen molar-refractivity contribution in [1.29, 1.82) is 0 Å². The number of hydrogen-bond acceptors (Lipinski definition) is 5. The fraction of sp³-hybridized carbons (Fsp3) is 0.576. The number of ether oxygens (including phenoxy) is 1. The van der Waals surface area contributed by atoms with Crippen molar-refractivity contribution in [3.63, 3.8) is 0 Å². The van der Waals surface area contributed by atoms with E-state index in [1.165, 1.54) is 36.0 Å². The molecule has 4 aliphatic carbocycles. The Morgan fingerprint density at radius 3 is 2.58 bits per heavy atom. The van der Waals surface area contributed by atoms with E-state index in [1.807, 2.05) is 26.2 Å². The van der Waals surface area contributed by atoms with Crippen LogP contribution in [0.5, 0.6) is 0 Å². The fourth-order valence-electron chi connectivity index (χ4n) is 7.76. The summed E-state index contributed by atoms with van der Waals surface area (Å²) in [5, 5.41) is 2.95. The van der Waals surface area contributed by atoms with Crippen LogP contribution in [0.2, 0.25) is 0 Å². The van der Waals surface area contributed by atoms with Crippen LogP contribution in [0, 0.1) is 28.6 Å². The van der Waals surface area contributed by atoms with Crippen LogP contribution < -0.4 is 11.1 Å². The van der Waals surface area contributed by atoms with Crippen LogP contribution >= 0.6 is 0 Å². The molecule has 5 nitrogen and oxygen atoms in total. The highest BCUT2D eigenvalue weighted by molar-refractivity contribution is 5.73. The lowest BCUT2D eigenvalue weighted by atomic mass is 9.47. The van der Waals surface area contributed by atoms with Gasteiger partial charge in [0.2, 0.25) is 0 Å². The third-order valence-electron chi connectivity index (χ3n) is 9.64. The van der Waals surface area contributed by atoms with Crippen molar-refractivity contribution >= 4 is 11.5 Å². The second-order valence-corrected chi connectivity index (χ2v) is 11.3. The molecule has 1 aromatic heterocycles. The van der Waals surface area contributed by atoms with E-state index in [4.69, 9.17) is 10.5 Å². The van der Waals surface area contributed by atoms with Crippen LogP contribution in [0.1, 0.15) is 83.9 Å². The number of carbonyl (C=O) groups is 1. The molecule has 0 saturated heterocycles. The Morgan fingerprint density at radius 2 is 1.89 bits per heavy atom. The summed E-state index contributed by atoms with van der Waals surface area (Å²) in [6.07, 6.45) is 16.7. The molecule has 4 aliphatic rings. The largest absolute Gasteiger partial charge is 0.461 e. The topological polar surface area (TPSA) is 77.2 Å². The van der Waals surface area contributed by atoms with Crippen LogP contribution in [-0.2, 0) is 9.53 Å². The molecule has 2 unspecified atom stereocenters. The maximum atomic E-state index is 12.3. The van der Waals surface area contributed by atoms with Gasteiger partial charge in [-0.05, 0) is 84.3 Å². The van der Waals surface area contributed by atoms with E-state index in [2.05, 4.69) is 68.2 Å². The van der Waals surface area contributed by atoms with E-state index < -0.39 is 0 Å². The minimum Gasteiger partial charge on any atom is -0.461 e. The number of pyridine rings is 1. The maximum Gasteiger partial charge on any atom is 0.325 e. The normalized spacial score (nSPS) is 32.8. The average molecular weight is 528 g/mol. The average Bonchev–Trinajstić information content (AvgIpc) is 3.32. The molecule has 2 fully saturated rings. The molecule has 3 N–H and O–H groups in total. The quantitative estimate of drug-likeness (QED) is 0.291. The Morgan fingerprint density at radius 1 is 1.16 bits per heavy atom. The molecule has 0 radical (unpaired) electrons. The van der Waals surface area contributed by atoms with Gasteiger partial charge in [0.1, 0.15) is 12.6 Å². The highest BCUT2D eigenvalue weighted by Crippen LogP contribution is 2.66. The molecule has 216 valence electrons. The number of nitrogens with two attached hydrogens (primary N) is 1. The second kappa shape index (κ2) is 12.9. The van der Waals surface area contributed by atoms with Gasteiger partial charge in [-0.15, -0.1) is 13.2 Å². The molecule has 5 heteroatoms. The molecule has 1 heterocycles. The number of fused-ring (bicyclic) bond motifs is 5. The molecule has 0 spiro atoms. The van der Waals surface area contributed by atoms with Crippen molar-refractivity contribution in [3.8, 4) is 0 Å². The summed E-state index contributed by atoms with van der Waals surface area (Å²) in [5.41, 5.74) is 11.0. The van der Waals surface area contributed by atoms with Crippen LogP contribution in [0.25, 0.3) is 5.57 Å². The number of nitrogens with one attached hydrogen (secondary N) is 1. The third-order valence-corrected chi connectivity index (χ3v) is 9.64. The molecule has 38 heavy (non-hydrogen) atoms. The molecule has 0 amide bonds. The van der Waals surface area contributed by atoms with Crippen molar-refractivity contribution in [2.45, 2.75) is 78.7 Å². The SMILES string of the molecule is C=C.C=C(CN)NCC(=O)O[C@H]1CC[C@@]2(C)C(=CC[C@@H]3C2CC[C@]2(C)C(c4cccnc4)=CCC32)C1.CC.[HH].[HH].[HH].[HH]. The number of nitrogens with zero attached hydrogens (tertiary/aromatic N) is 1. The summed E-state index contributed by atoms with van der Waals surface area (Å²) in [6, 6.07) is 4.29. The number of allylic oxidation sites excluding steroid dienone is 3. The maximum absolute atomic E-state index is 12.3. The summed E-state index contributed by atoms with van der Waals surface area (Å²) < 4.78 is 5.83. The molecule has 0 bridgehead atoms. The van der Waals surface area contributed by atoms with Crippen molar-refractivity contribution in [3.05, 3.63) is 73.2 Å². The number of aromatic nitrogens is 1. The molecule has 0 aliphatic heterocycles. The fourth-order valence-corrected chi connectivity index (χ4v) is 7.76. The highest BCUT2D eigenvalue weighted by Gasteiger charge is 2.57.